The molecule has 670 valence electrons. The van der Waals surface area contributed by atoms with Crippen LogP contribution in [0.15, 0.2) is 261 Å². The molecule has 6 aromatic carbocycles. The molecule has 0 unspecified atom stereocenters. The molecule has 131 heavy (non-hydrogen) atoms. The summed E-state index contributed by atoms with van der Waals surface area (Å²) in [5, 5.41) is 32.2. The SMILES string of the molecule is CCC[CH2][Sn]([CH2]CCC)([CH2]CCC)[c]1cncs1.COc1ncc(-c2cccc3cc([C@H](C)Nc4nc(N)ncc4-c4cncs4)n(-c4ccccc4)c(=O)c23)cn1.COc1ncc(B(O)O)cn1.C[C@H](Nc1nc(N)ncc1-c1cncs1)c1cc2cccc(Cl)c2c(=O)n1-c1ccccc1.C[C@H](Nc1nc(N)ncc1Br)c1cc2cccc(Cl)c2c(=O)n1-c1ccccc1. The molecule has 0 saturated carbocycles. The number of nitrogens with two attached hydrogens (primary N) is 3. The van der Waals surface area contributed by atoms with E-state index < -0.39 is 25.5 Å². The second kappa shape index (κ2) is 45.8. The van der Waals surface area contributed by atoms with Gasteiger partial charge in [0.1, 0.15) is 17.5 Å². The Morgan fingerprint density at radius 3 is 1.19 bits per heavy atom. The van der Waals surface area contributed by atoms with Crippen molar-refractivity contribution in [2.75, 3.05) is 47.4 Å². The summed E-state index contributed by atoms with van der Waals surface area (Å²) in [4.78, 5) is 97.2. The molecule has 0 aliphatic rings. The van der Waals surface area contributed by atoms with Crippen LogP contribution in [0, 0.1) is 0 Å². The van der Waals surface area contributed by atoms with Crippen LogP contribution in [0.3, 0.4) is 0 Å². The van der Waals surface area contributed by atoms with Gasteiger partial charge in [0.05, 0.1) is 94.9 Å². The van der Waals surface area contributed by atoms with E-state index in [1.165, 1.54) is 87.8 Å². The molecule has 0 amide bonds. The van der Waals surface area contributed by atoms with Crippen LogP contribution in [0.2, 0.25) is 23.4 Å². The summed E-state index contributed by atoms with van der Waals surface area (Å²) in [5.74, 6) is 2.13. The molecular weight excluding hydrogens is 1930 g/mol. The number of thiazole rings is 3. The molecule has 29 nitrogen and oxygen atoms in total. The fraction of sp³-hybridized carbons (Fsp3) is 0.213. The fourth-order valence-electron chi connectivity index (χ4n) is 15.1. The number of hydrogen-bond donors (Lipinski definition) is 8. The first kappa shape index (κ1) is 96.1. The zero-order chi connectivity index (χ0) is 92.7. The van der Waals surface area contributed by atoms with Crippen LogP contribution in [-0.4, -0.2) is 128 Å². The Kier molecular flexibility index (Phi) is 33.6. The fourth-order valence-corrected chi connectivity index (χ4v) is 36.5. The van der Waals surface area contributed by atoms with Gasteiger partial charge in [0.15, 0.2) is 0 Å². The molecule has 11 aromatic heterocycles. The molecule has 0 spiro atoms. The van der Waals surface area contributed by atoms with E-state index >= 15 is 0 Å². The molecule has 17 rings (SSSR count). The predicted octanol–water partition coefficient (Wildman–Crippen LogP) is 18.8. The van der Waals surface area contributed by atoms with Gasteiger partial charge < -0.3 is 52.7 Å². The summed E-state index contributed by atoms with van der Waals surface area (Å²) < 4.78 is 22.0. The average molecular weight is 2020 g/mol. The predicted molar refractivity (Wildman–Crippen MR) is 537 cm³/mol. The normalized spacial score (nSPS) is 11.8. The van der Waals surface area contributed by atoms with E-state index in [4.69, 9.17) is 55.2 Å². The number of anilines is 6. The van der Waals surface area contributed by atoms with E-state index in [0.29, 0.717) is 53.7 Å². The van der Waals surface area contributed by atoms with Crippen molar-refractivity contribution < 1.29 is 19.5 Å². The van der Waals surface area contributed by atoms with Crippen molar-refractivity contribution in [3.63, 3.8) is 0 Å². The Bertz CT molecular complexity index is 6840. The number of ether oxygens (including phenoxy) is 2. The molecular formula is C94H96BBrCl2N22O7S3Sn. The maximum absolute atomic E-state index is 14.3. The first-order valence-corrected chi connectivity index (χ1v) is 53.8. The van der Waals surface area contributed by atoms with Gasteiger partial charge in [-0.05, 0) is 125 Å². The number of pyridine rings is 3. The van der Waals surface area contributed by atoms with Crippen molar-refractivity contribution in [2.24, 2.45) is 0 Å². The quantitative estimate of drug-likeness (QED) is 0.0211. The summed E-state index contributed by atoms with van der Waals surface area (Å²) >= 11 is 19.0. The van der Waals surface area contributed by atoms with Gasteiger partial charge in [-0.25, -0.2) is 34.9 Å². The number of fused-ring (bicyclic) bond motifs is 3. The van der Waals surface area contributed by atoms with Gasteiger partial charge in [0.2, 0.25) is 17.8 Å². The minimum atomic E-state index is -2.08. The van der Waals surface area contributed by atoms with Crippen molar-refractivity contribution in [1.29, 1.82) is 0 Å². The number of nitrogens with zero attached hydrogens (tertiary/aromatic N) is 16. The first-order valence-electron chi connectivity index (χ1n) is 42.1. The molecule has 11 N–H and O–H groups in total. The van der Waals surface area contributed by atoms with Crippen molar-refractivity contribution in [3.05, 3.63) is 305 Å². The second-order valence-electron chi connectivity index (χ2n) is 30.3. The van der Waals surface area contributed by atoms with E-state index in [1.807, 2.05) is 184 Å². The monoisotopic (exact) mass is 2020 g/mol. The summed E-state index contributed by atoms with van der Waals surface area (Å²) in [7, 11) is 1.42. The van der Waals surface area contributed by atoms with E-state index in [1.54, 1.807) is 96.4 Å². The molecule has 11 heterocycles. The van der Waals surface area contributed by atoms with Gasteiger partial charge in [0, 0.05) is 101 Å². The van der Waals surface area contributed by atoms with E-state index in [2.05, 4.69) is 134 Å². The molecule has 0 radical (unpaired) electrons. The van der Waals surface area contributed by atoms with E-state index in [-0.39, 0.29) is 70.1 Å². The maximum atomic E-state index is 14.3. The number of rotatable bonds is 28. The molecule has 0 aliphatic carbocycles. The van der Waals surface area contributed by atoms with Crippen LogP contribution < -0.4 is 67.7 Å². The zero-order valence-electron chi connectivity index (χ0n) is 72.9. The number of hydrogen-bond acceptors (Lipinski definition) is 29. The van der Waals surface area contributed by atoms with Crippen LogP contribution in [0.1, 0.15) is 115 Å². The molecule has 17 aromatic rings. The van der Waals surface area contributed by atoms with Gasteiger partial charge in [-0.1, -0.05) is 120 Å². The Hall–Kier alpha value is -12.5. The molecule has 0 fully saturated rings. The third-order valence-corrected chi connectivity index (χ3v) is 43.5. The van der Waals surface area contributed by atoms with Crippen molar-refractivity contribution in [2.45, 2.75) is 112 Å². The van der Waals surface area contributed by atoms with Crippen LogP contribution in [0.25, 0.3) is 81.4 Å². The van der Waals surface area contributed by atoms with Crippen LogP contribution in [0.5, 0.6) is 12.0 Å². The third kappa shape index (κ3) is 23.5. The van der Waals surface area contributed by atoms with E-state index in [9.17, 15) is 14.4 Å². The van der Waals surface area contributed by atoms with Gasteiger partial charge in [-0.3, -0.25) is 38.1 Å². The summed E-state index contributed by atoms with van der Waals surface area (Å²) in [6.07, 6.45) is 25.0. The van der Waals surface area contributed by atoms with Gasteiger partial charge >= 0.3 is 141 Å². The van der Waals surface area contributed by atoms with Gasteiger partial charge in [-0.15, -0.1) is 22.7 Å². The summed E-state index contributed by atoms with van der Waals surface area (Å²) in [6.45, 7) is 12.9. The number of para-hydroxylation sites is 3. The minimum absolute atomic E-state index is 0.147. The molecule has 37 heteroatoms. The number of benzene rings is 6. The smallest absolute Gasteiger partial charge is 0.467 e. The van der Waals surface area contributed by atoms with Crippen molar-refractivity contribution in [1.82, 2.24) is 78.5 Å². The number of halogens is 3. The van der Waals surface area contributed by atoms with Crippen LogP contribution in [-0.2, 0) is 0 Å². The zero-order valence-corrected chi connectivity index (χ0v) is 81.4. The standard InChI is InChI=1S/C29H24N8O2S.C24H19ClN6OS.C21H17BrClN5O.C5H7BN2O3.3C4H9.C3H2NS.Sn/c1-17(35-26-22(14-32-28(30)36-26)24-15-31-16-40-24)23-11-18-7-6-10-21(19-12-33-29(39-2)34-13-19)25(18)27(38)37(23)20-8-4-3-5-9-20;1-14(29-22-17(11-28-24(26)30-22)20-12-27-13-33-20)19-10-15-6-5-9-18(25)21(15)23(32)31(19)16-7-3-2-4-8-16;1-12(26-19-15(22)11-25-21(24)27-19)17-10-13-6-5-9-16(23)18(13)20(29)28(17)14-7-3-2-4-8-14;1-11-5-7-2-4(3-8-5)6(9)10;3*1-3-4-2;1-2-5-3-4-1;/h3-17H,1-2H3,(H3,30,32,35,36);2-14H,1H3,(H3,26,28,29,30);2-12H,1H3,(H3,24,25,26,27);2-3,9-10H,1H3;3*1,3-4H2,2H3;1,3H;/t17-;14-;12-;;;;;;/m000....../s1. The molecule has 0 aliphatic heterocycles. The van der Waals surface area contributed by atoms with Crippen LogP contribution in [0.4, 0.5) is 35.3 Å². The molecule has 0 bridgehead atoms. The van der Waals surface area contributed by atoms with Crippen LogP contribution >= 0.6 is 73.1 Å². The maximum Gasteiger partial charge on any atom is 0.491 e. The Labute approximate surface area is 791 Å². The number of unbranched alkanes of at least 4 members (excludes halogenated alkanes) is 3. The Balaban J connectivity index is 0.000000147. The van der Waals surface area contributed by atoms with Crippen molar-refractivity contribution in [3.8, 4) is 61.1 Å². The number of nitrogens with one attached hydrogen (secondary N) is 3. The number of nitrogen functional groups attached to an aromatic ring is 3. The summed E-state index contributed by atoms with van der Waals surface area (Å²) in [6, 6.07) is 50.7. The van der Waals surface area contributed by atoms with Gasteiger partial charge in [0.25, 0.3) is 16.7 Å². The van der Waals surface area contributed by atoms with Gasteiger partial charge in [-0.2, -0.15) is 15.0 Å². The largest absolute Gasteiger partial charge is 0.491 e. The van der Waals surface area contributed by atoms with Crippen molar-refractivity contribution >= 4 is 175 Å². The topological polar surface area (TPSA) is 407 Å². The molecule has 3 atom stereocenters. The van der Waals surface area contributed by atoms with E-state index in [0.717, 1.165) is 76.7 Å². The second-order valence-corrected chi connectivity index (χ2v) is 48.8. The molecule has 0 saturated heterocycles. The average Bonchev–Trinajstić information content (AvgIpc) is 0.919. The Morgan fingerprint density at radius 2 is 0.809 bits per heavy atom. The Morgan fingerprint density at radius 1 is 0.443 bits per heavy atom. The minimum Gasteiger partial charge on any atom is -0.467 e. The number of aromatic nitrogens is 16. The summed E-state index contributed by atoms with van der Waals surface area (Å²) in [5.41, 5.74) is 30.4. The third-order valence-electron chi connectivity index (χ3n) is 21.6. The number of methoxy groups -OCH3 is 2. The first-order chi connectivity index (χ1) is 63.5.